The first-order valence-electron chi connectivity index (χ1n) is 10.1. The normalized spacial score (nSPS) is 18.3. The van der Waals surface area contributed by atoms with E-state index >= 15 is 0 Å². The van der Waals surface area contributed by atoms with E-state index in [-0.39, 0.29) is 16.9 Å². The van der Waals surface area contributed by atoms with Crippen molar-refractivity contribution in [2.45, 2.75) is 72.7 Å². The third kappa shape index (κ3) is 4.63. The summed E-state index contributed by atoms with van der Waals surface area (Å²) < 4.78 is 27.1. The number of amides is 1. The number of tetrazole rings is 1. The highest BCUT2D eigenvalue weighted by Gasteiger charge is 2.30. The van der Waals surface area contributed by atoms with Crippen LogP contribution in [0.3, 0.4) is 0 Å². The lowest BCUT2D eigenvalue weighted by molar-refractivity contribution is -0.113. The van der Waals surface area contributed by atoms with Gasteiger partial charge in [-0.25, -0.2) is 13.1 Å². The molecule has 10 heteroatoms. The summed E-state index contributed by atoms with van der Waals surface area (Å²) in [6.45, 7) is 0. The van der Waals surface area contributed by atoms with Crippen molar-refractivity contribution in [2.24, 2.45) is 0 Å². The van der Waals surface area contributed by atoms with Crippen LogP contribution in [0.15, 0.2) is 34.3 Å². The van der Waals surface area contributed by atoms with E-state index in [1.54, 1.807) is 24.3 Å². The Morgan fingerprint density at radius 2 is 1.72 bits per heavy atom. The summed E-state index contributed by atoms with van der Waals surface area (Å²) in [7, 11) is -3.28. The van der Waals surface area contributed by atoms with Crippen LogP contribution in [0.4, 0.5) is 5.69 Å². The van der Waals surface area contributed by atoms with E-state index in [9.17, 15) is 13.2 Å². The first kappa shape index (κ1) is 20.3. The number of sulfone groups is 1. The maximum Gasteiger partial charge on any atom is 0.234 e. The maximum absolute atomic E-state index is 12.6. The van der Waals surface area contributed by atoms with Crippen molar-refractivity contribution in [2.75, 3.05) is 11.1 Å². The molecule has 0 bridgehead atoms. The zero-order chi connectivity index (χ0) is 20.3. The van der Waals surface area contributed by atoms with Crippen LogP contribution in [0.25, 0.3) is 0 Å². The molecule has 2 fully saturated rings. The Morgan fingerprint density at radius 3 is 2.41 bits per heavy atom. The van der Waals surface area contributed by atoms with Gasteiger partial charge >= 0.3 is 0 Å². The van der Waals surface area contributed by atoms with Gasteiger partial charge in [-0.2, -0.15) is 0 Å². The van der Waals surface area contributed by atoms with Crippen LogP contribution in [-0.4, -0.2) is 45.5 Å². The first-order valence-corrected chi connectivity index (χ1v) is 12.6. The van der Waals surface area contributed by atoms with Crippen LogP contribution < -0.4 is 5.32 Å². The molecule has 4 rings (SSSR count). The number of aromatic nitrogens is 4. The Kier molecular flexibility index (Phi) is 6.19. The van der Waals surface area contributed by atoms with E-state index < -0.39 is 9.84 Å². The summed E-state index contributed by atoms with van der Waals surface area (Å²) in [5.41, 5.74) is 0.580. The highest BCUT2D eigenvalue weighted by molar-refractivity contribution is 7.99. The Bertz CT molecular complexity index is 946. The molecule has 1 heterocycles. The zero-order valence-corrected chi connectivity index (χ0v) is 17.8. The third-order valence-electron chi connectivity index (χ3n) is 5.67. The van der Waals surface area contributed by atoms with E-state index in [4.69, 9.17) is 0 Å². The number of anilines is 1. The second-order valence-corrected chi connectivity index (χ2v) is 10.8. The Labute approximate surface area is 174 Å². The Morgan fingerprint density at radius 1 is 1.07 bits per heavy atom. The van der Waals surface area contributed by atoms with E-state index in [1.807, 2.05) is 4.68 Å². The van der Waals surface area contributed by atoms with Crippen molar-refractivity contribution in [3.8, 4) is 0 Å². The van der Waals surface area contributed by atoms with Gasteiger partial charge in [0.1, 0.15) is 0 Å². The lowest BCUT2D eigenvalue weighted by Gasteiger charge is -2.12. The van der Waals surface area contributed by atoms with E-state index in [0.29, 0.717) is 21.8 Å². The molecule has 0 saturated heterocycles. The molecule has 29 heavy (non-hydrogen) atoms. The minimum atomic E-state index is -3.28. The van der Waals surface area contributed by atoms with Crippen LogP contribution >= 0.6 is 11.8 Å². The standard InChI is InChI=1S/C19H25N5O3S2/c25-18(13-28-19-21-22-23-24(19)15-5-1-2-6-15)20-14-9-11-17(12-10-14)29(26,27)16-7-3-4-8-16/h9-12,15-16H,1-8,13H2,(H,20,25). The van der Waals surface area contributed by atoms with Crippen LogP contribution in [0.1, 0.15) is 57.4 Å². The third-order valence-corrected chi connectivity index (χ3v) is 8.88. The molecule has 2 aromatic rings. The number of hydrogen-bond donors (Lipinski definition) is 1. The van der Waals surface area contributed by atoms with Gasteiger partial charge in [0.25, 0.3) is 0 Å². The van der Waals surface area contributed by atoms with Gasteiger partial charge in [0.05, 0.1) is 21.9 Å². The largest absolute Gasteiger partial charge is 0.325 e. The molecular weight excluding hydrogens is 410 g/mol. The average Bonchev–Trinajstić information content (AvgIpc) is 3.49. The molecule has 0 spiro atoms. The van der Waals surface area contributed by atoms with E-state index in [1.165, 1.54) is 24.6 Å². The molecule has 1 aromatic carbocycles. The van der Waals surface area contributed by atoms with Crippen LogP contribution in [0.5, 0.6) is 0 Å². The predicted octanol–water partition coefficient (Wildman–Crippen LogP) is 3.24. The van der Waals surface area contributed by atoms with E-state index in [0.717, 1.165) is 38.5 Å². The molecule has 0 aliphatic heterocycles. The molecule has 156 valence electrons. The average molecular weight is 436 g/mol. The molecule has 0 radical (unpaired) electrons. The molecule has 1 aromatic heterocycles. The van der Waals surface area contributed by atoms with E-state index in [2.05, 4.69) is 20.8 Å². The van der Waals surface area contributed by atoms with Crippen molar-refractivity contribution >= 4 is 33.2 Å². The number of carbonyl (C=O) groups is 1. The Hall–Kier alpha value is -1.94. The fourth-order valence-corrected chi connectivity index (χ4v) is 6.70. The number of nitrogens with zero attached hydrogens (tertiary/aromatic N) is 4. The van der Waals surface area contributed by atoms with Gasteiger partial charge in [0.15, 0.2) is 9.84 Å². The summed E-state index contributed by atoms with van der Waals surface area (Å²) in [5, 5.41) is 15.0. The number of rotatable bonds is 7. The van der Waals surface area contributed by atoms with Gasteiger partial charge in [-0.15, -0.1) is 5.10 Å². The molecule has 2 saturated carbocycles. The van der Waals surface area contributed by atoms with Crippen molar-refractivity contribution in [1.29, 1.82) is 0 Å². The highest BCUT2D eigenvalue weighted by Crippen LogP contribution is 2.32. The molecule has 0 atom stereocenters. The SMILES string of the molecule is O=C(CSc1nnnn1C1CCCC1)Nc1ccc(S(=O)(=O)C2CCCC2)cc1. The second-order valence-electron chi connectivity index (χ2n) is 7.66. The minimum absolute atomic E-state index is 0.178. The van der Waals surface area contributed by atoms with Crippen LogP contribution in [0.2, 0.25) is 0 Å². The van der Waals surface area contributed by atoms with Crippen molar-refractivity contribution in [3.05, 3.63) is 24.3 Å². The van der Waals surface area contributed by atoms with Crippen molar-refractivity contribution in [3.63, 3.8) is 0 Å². The van der Waals surface area contributed by atoms with Crippen molar-refractivity contribution < 1.29 is 13.2 Å². The topological polar surface area (TPSA) is 107 Å². The fraction of sp³-hybridized carbons (Fsp3) is 0.579. The first-order chi connectivity index (χ1) is 14.0. The highest BCUT2D eigenvalue weighted by atomic mass is 32.2. The Balaban J connectivity index is 1.33. The zero-order valence-electron chi connectivity index (χ0n) is 16.2. The number of benzene rings is 1. The van der Waals surface area contributed by atoms with Gasteiger partial charge in [0, 0.05) is 5.69 Å². The quantitative estimate of drug-likeness (QED) is 0.665. The predicted molar refractivity (Wildman–Crippen MR) is 111 cm³/mol. The summed E-state index contributed by atoms with van der Waals surface area (Å²) in [6.07, 6.45) is 7.92. The van der Waals surface area contributed by atoms with Gasteiger partial charge in [-0.1, -0.05) is 37.4 Å². The summed E-state index contributed by atoms with van der Waals surface area (Å²) in [4.78, 5) is 12.6. The molecule has 2 aliphatic carbocycles. The fourth-order valence-electron chi connectivity index (χ4n) is 4.10. The summed E-state index contributed by atoms with van der Waals surface area (Å²) in [5.74, 6) is 0.0113. The number of thioether (sulfide) groups is 1. The molecular formula is C19H25N5O3S2. The molecule has 0 unspecified atom stereocenters. The van der Waals surface area contributed by atoms with Crippen LogP contribution in [-0.2, 0) is 14.6 Å². The van der Waals surface area contributed by atoms with Crippen LogP contribution in [0, 0.1) is 0 Å². The lowest BCUT2D eigenvalue weighted by atomic mass is 10.3. The van der Waals surface area contributed by atoms with Crippen molar-refractivity contribution in [1.82, 2.24) is 20.2 Å². The smallest absolute Gasteiger partial charge is 0.234 e. The molecule has 2 aliphatic rings. The van der Waals surface area contributed by atoms with Gasteiger partial charge < -0.3 is 5.32 Å². The molecule has 8 nitrogen and oxygen atoms in total. The van der Waals surface area contributed by atoms with Gasteiger partial charge in [-0.05, 0) is 60.4 Å². The number of carbonyl (C=O) groups excluding carboxylic acids is 1. The van der Waals surface area contributed by atoms with Gasteiger partial charge in [0.2, 0.25) is 11.1 Å². The number of nitrogens with one attached hydrogen (secondary N) is 1. The summed E-state index contributed by atoms with van der Waals surface area (Å²) in [6, 6.07) is 6.78. The lowest BCUT2D eigenvalue weighted by Crippen LogP contribution is -2.18. The number of hydrogen-bond acceptors (Lipinski definition) is 7. The monoisotopic (exact) mass is 435 g/mol. The molecule has 1 N–H and O–H groups in total. The summed E-state index contributed by atoms with van der Waals surface area (Å²) >= 11 is 1.31. The maximum atomic E-state index is 12.6. The molecule has 1 amide bonds. The second kappa shape index (κ2) is 8.83. The van der Waals surface area contributed by atoms with Gasteiger partial charge in [-0.3, -0.25) is 4.79 Å². The minimum Gasteiger partial charge on any atom is -0.325 e.